The van der Waals surface area contributed by atoms with Crippen LogP contribution in [0.15, 0.2) is 59.4 Å². The van der Waals surface area contributed by atoms with Gasteiger partial charge in [0.1, 0.15) is 5.82 Å². The van der Waals surface area contributed by atoms with Gasteiger partial charge in [-0.1, -0.05) is 49.4 Å². The Balaban J connectivity index is 1.55. The lowest BCUT2D eigenvalue weighted by molar-refractivity contribution is -0.122. The number of likely N-dealkylation sites (N-methyl/N-ethyl adjacent to an activating group) is 1. The highest BCUT2D eigenvalue weighted by molar-refractivity contribution is 5.78. The monoisotopic (exact) mass is 364 g/mol. The van der Waals surface area contributed by atoms with Crippen LogP contribution in [0.1, 0.15) is 18.3 Å². The lowest BCUT2D eigenvalue weighted by Crippen LogP contribution is -2.38. The summed E-state index contributed by atoms with van der Waals surface area (Å²) >= 11 is 0. The van der Waals surface area contributed by atoms with Crippen LogP contribution in [0.4, 0.5) is 0 Å². The summed E-state index contributed by atoms with van der Waals surface area (Å²) in [6.45, 7) is 3.95. The number of para-hydroxylation sites is 1. The fraction of sp³-hybridized carbons (Fsp3) is 0.286. The molecular formula is C21H24N4O2. The van der Waals surface area contributed by atoms with Crippen molar-refractivity contribution in [3.8, 4) is 0 Å². The third-order valence-electron chi connectivity index (χ3n) is 4.43. The van der Waals surface area contributed by atoms with E-state index in [-0.39, 0.29) is 18.0 Å². The van der Waals surface area contributed by atoms with Crippen molar-refractivity contribution in [2.75, 3.05) is 19.6 Å². The van der Waals surface area contributed by atoms with Gasteiger partial charge < -0.3 is 10.3 Å². The van der Waals surface area contributed by atoms with Crippen LogP contribution in [0.25, 0.3) is 10.9 Å². The first kappa shape index (κ1) is 18.8. The Bertz CT molecular complexity index is 953. The fourth-order valence-electron chi connectivity index (χ4n) is 2.95. The standard InChI is InChI=1S/C21H24N4O2/c1-2-25(15-20(26)22-13-12-16-8-4-3-5-9-16)14-19-23-18-11-7-6-10-17(18)21(27)24-19/h3-11H,2,12-15H2,1H3,(H,22,26)(H,23,24,27). The number of carbonyl (C=O) groups excluding carboxylic acids is 1. The molecule has 6 nitrogen and oxygen atoms in total. The van der Waals surface area contributed by atoms with E-state index in [1.54, 1.807) is 6.07 Å². The van der Waals surface area contributed by atoms with Crippen LogP contribution >= 0.6 is 0 Å². The summed E-state index contributed by atoms with van der Waals surface area (Å²) < 4.78 is 0. The smallest absolute Gasteiger partial charge is 0.258 e. The normalized spacial score (nSPS) is 11.0. The maximum absolute atomic E-state index is 12.2. The molecule has 27 heavy (non-hydrogen) atoms. The summed E-state index contributed by atoms with van der Waals surface area (Å²) in [4.78, 5) is 33.7. The van der Waals surface area contributed by atoms with Gasteiger partial charge in [0.25, 0.3) is 5.56 Å². The van der Waals surface area contributed by atoms with Crippen molar-refractivity contribution in [1.82, 2.24) is 20.2 Å². The van der Waals surface area contributed by atoms with E-state index in [0.717, 1.165) is 6.42 Å². The number of hydrogen-bond donors (Lipinski definition) is 2. The molecule has 3 aromatic rings. The van der Waals surface area contributed by atoms with Gasteiger partial charge in [-0.25, -0.2) is 4.98 Å². The maximum atomic E-state index is 12.2. The van der Waals surface area contributed by atoms with Gasteiger partial charge in [-0.2, -0.15) is 0 Å². The first-order chi connectivity index (χ1) is 13.2. The van der Waals surface area contributed by atoms with E-state index in [9.17, 15) is 9.59 Å². The van der Waals surface area contributed by atoms with Crippen molar-refractivity contribution in [3.63, 3.8) is 0 Å². The number of rotatable bonds is 8. The Labute approximate surface area is 158 Å². The molecular weight excluding hydrogens is 340 g/mol. The zero-order valence-electron chi connectivity index (χ0n) is 15.4. The van der Waals surface area contributed by atoms with Gasteiger partial charge in [-0.05, 0) is 30.7 Å². The van der Waals surface area contributed by atoms with Gasteiger partial charge in [-0.15, -0.1) is 0 Å². The lowest BCUT2D eigenvalue weighted by Gasteiger charge is -2.19. The molecule has 2 N–H and O–H groups in total. The Morgan fingerprint density at radius 3 is 2.63 bits per heavy atom. The highest BCUT2D eigenvalue weighted by Gasteiger charge is 2.12. The van der Waals surface area contributed by atoms with E-state index in [1.807, 2.05) is 60.4 Å². The number of aromatic amines is 1. The minimum atomic E-state index is -0.154. The largest absolute Gasteiger partial charge is 0.355 e. The molecule has 3 rings (SSSR count). The molecule has 0 bridgehead atoms. The second kappa shape index (κ2) is 9.09. The average Bonchev–Trinajstić information content (AvgIpc) is 2.68. The van der Waals surface area contributed by atoms with E-state index in [0.29, 0.717) is 36.4 Å². The molecule has 1 aromatic heterocycles. The lowest BCUT2D eigenvalue weighted by atomic mass is 10.1. The van der Waals surface area contributed by atoms with Crippen LogP contribution in [0.3, 0.4) is 0 Å². The van der Waals surface area contributed by atoms with Gasteiger partial charge in [0.05, 0.1) is 24.0 Å². The molecule has 2 aromatic carbocycles. The minimum Gasteiger partial charge on any atom is -0.355 e. The van der Waals surface area contributed by atoms with E-state index in [2.05, 4.69) is 15.3 Å². The van der Waals surface area contributed by atoms with Crippen LogP contribution in [-0.2, 0) is 17.8 Å². The summed E-state index contributed by atoms with van der Waals surface area (Å²) in [5, 5.41) is 3.52. The number of benzene rings is 2. The number of fused-ring (bicyclic) bond motifs is 1. The van der Waals surface area contributed by atoms with Crippen LogP contribution in [-0.4, -0.2) is 40.4 Å². The predicted octanol–water partition coefficient (Wildman–Crippen LogP) is 2.10. The highest BCUT2D eigenvalue weighted by Crippen LogP contribution is 2.07. The molecule has 0 aliphatic rings. The molecule has 0 saturated carbocycles. The van der Waals surface area contributed by atoms with E-state index in [4.69, 9.17) is 0 Å². The first-order valence-electron chi connectivity index (χ1n) is 9.16. The molecule has 0 aliphatic heterocycles. The molecule has 0 spiro atoms. The maximum Gasteiger partial charge on any atom is 0.258 e. The third kappa shape index (κ3) is 5.24. The predicted molar refractivity (Wildman–Crippen MR) is 106 cm³/mol. The van der Waals surface area contributed by atoms with E-state index < -0.39 is 0 Å². The number of nitrogens with zero attached hydrogens (tertiary/aromatic N) is 2. The highest BCUT2D eigenvalue weighted by atomic mass is 16.2. The average molecular weight is 364 g/mol. The SMILES string of the molecule is CCN(CC(=O)NCCc1ccccc1)Cc1nc2ccccc2c(=O)[nH]1. The molecule has 0 fully saturated rings. The Hall–Kier alpha value is -2.99. The number of carbonyl (C=O) groups is 1. The zero-order valence-corrected chi connectivity index (χ0v) is 15.4. The summed E-state index contributed by atoms with van der Waals surface area (Å²) in [7, 11) is 0. The molecule has 140 valence electrons. The van der Waals surface area contributed by atoms with Crippen molar-refractivity contribution in [2.45, 2.75) is 19.9 Å². The molecule has 6 heteroatoms. The van der Waals surface area contributed by atoms with E-state index in [1.165, 1.54) is 5.56 Å². The molecule has 0 aliphatic carbocycles. The zero-order chi connectivity index (χ0) is 19.1. The van der Waals surface area contributed by atoms with Crippen molar-refractivity contribution in [1.29, 1.82) is 0 Å². The Morgan fingerprint density at radius 2 is 1.85 bits per heavy atom. The van der Waals surface area contributed by atoms with E-state index >= 15 is 0 Å². The summed E-state index contributed by atoms with van der Waals surface area (Å²) in [6.07, 6.45) is 0.804. The van der Waals surface area contributed by atoms with Crippen LogP contribution in [0.5, 0.6) is 0 Å². The molecule has 0 saturated heterocycles. The van der Waals surface area contributed by atoms with Gasteiger partial charge in [0, 0.05) is 6.54 Å². The number of amides is 1. The van der Waals surface area contributed by atoms with Crippen LogP contribution < -0.4 is 10.9 Å². The minimum absolute atomic E-state index is 0.0316. The van der Waals surface area contributed by atoms with Gasteiger partial charge in [0.2, 0.25) is 5.91 Å². The van der Waals surface area contributed by atoms with Gasteiger partial charge in [0.15, 0.2) is 0 Å². The van der Waals surface area contributed by atoms with Crippen molar-refractivity contribution in [3.05, 3.63) is 76.3 Å². The van der Waals surface area contributed by atoms with Crippen LogP contribution in [0, 0.1) is 0 Å². The molecule has 0 unspecified atom stereocenters. The summed E-state index contributed by atoms with van der Waals surface area (Å²) in [6, 6.07) is 17.3. The number of nitrogens with one attached hydrogen (secondary N) is 2. The summed E-state index contributed by atoms with van der Waals surface area (Å²) in [5.74, 6) is 0.536. The number of aromatic nitrogens is 2. The Morgan fingerprint density at radius 1 is 1.11 bits per heavy atom. The third-order valence-corrected chi connectivity index (χ3v) is 4.43. The topological polar surface area (TPSA) is 78.1 Å². The van der Waals surface area contributed by atoms with Gasteiger partial charge in [-0.3, -0.25) is 14.5 Å². The quantitative estimate of drug-likeness (QED) is 0.642. The van der Waals surface area contributed by atoms with Crippen molar-refractivity contribution in [2.24, 2.45) is 0 Å². The number of hydrogen-bond acceptors (Lipinski definition) is 4. The van der Waals surface area contributed by atoms with Crippen LogP contribution in [0.2, 0.25) is 0 Å². The molecule has 1 heterocycles. The number of H-pyrrole nitrogens is 1. The van der Waals surface area contributed by atoms with Gasteiger partial charge >= 0.3 is 0 Å². The molecule has 0 atom stereocenters. The second-order valence-electron chi connectivity index (χ2n) is 6.42. The fourth-order valence-corrected chi connectivity index (χ4v) is 2.95. The second-order valence-corrected chi connectivity index (χ2v) is 6.42. The molecule has 1 amide bonds. The van der Waals surface area contributed by atoms with Crippen molar-refractivity contribution < 1.29 is 4.79 Å². The first-order valence-corrected chi connectivity index (χ1v) is 9.16. The molecule has 0 radical (unpaired) electrons. The summed E-state index contributed by atoms with van der Waals surface area (Å²) in [5.41, 5.74) is 1.71. The Kier molecular flexibility index (Phi) is 6.33. The van der Waals surface area contributed by atoms with Crippen molar-refractivity contribution >= 4 is 16.8 Å².